The molecule has 6 nitrogen and oxygen atoms in total. The fourth-order valence-corrected chi connectivity index (χ4v) is 4.77. The number of hydrogen-bond acceptors (Lipinski definition) is 5. The third-order valence-corrected chi connectivity index (χ3v) is 6.09. The summed E-state index contributed by atoms with van der Waals surface area (Å²) >= 11 is 0. The van der Waals surface area contributed by atoms with Crippen LogP contribution < -0.4 is 10.1 Å². The molecule has 0 spiro atoms. The van der Waals surface area contributed by atoms with Gasteiger partial charge in [0.1, 0.15) is 29.4 Å². The van der Waals surface area contributed by atoms with Gasteiger partial charge in [-0.1, -0.05) is 6.07 Å². The second-order valence-corrected chi connectivity index (χ2v) is 9.92. The number of hydrogen-bond donors (Lipinski definition) is 2. The minimum atomic E-state index is -0.639. The van der Waals surface area contributed by atoms with Crippen molar-refractivity contribution in [1.29, 1.82) is 0 Å². The quantitative estimate of drug-likeness (QED) is 0.692. The van der Waals surface area contributed by atoms with Crippen LogP contribution in [0.4, 0.5) is 9.18 Å². The van der Waals surface area contributed by atoms with Crippen LogP contribution in [0.2, 0.25) is 0 Å². The highest BCUT2D eigenvalue weighted by molar-refractivity contribution is 5.77. The number of benzene rings is 2. The normalized spacial score (nSPS) is 22.2. The lowest BCUT2D eigenvalue weighted by molar-refractivity contribution is 0.0503. The molecular weight excluding hydrogens is 425 g/mol. The van der Waals surface area contributed by atoms with Crippen molar-refractivity contribution in [2.75, 3.05) is 13.2 Å². The summed E-state index contributed by atoms with van der Waals surface area (Å²) in [6.07, 6.45) is -0.297. The van der Waals surface area contributed by atoms with Gasteiger partial charge in [0.2, 0.25) is 0 Å². The summed E-state index contributed by atoms with van der Waals surface area (Å²) in [5.74, 6) is 0.351. The maximum absolute atomic E-state index is 14.9. The molecule has 1 fully saturated rings. The molecule has 3 atom stereocenters. The SMILES string of the molecule is Cc1cc(O[C@@H]2COC[C@H]2O)cc(C)c1-c1ccc(F)c2c1CC[C@H]2NC(=O)OC(C)(C)C. The lowest BCUT2D eigenvalue weighted by atomic mass is 9.90. The molecule has 2 aromatic rings. The number of carbonyl (C=O) groups is 1. The van der Waals surface area contributed by atoms with Gasteiger partial charge in [-0.3, -0.25) is 0 Å². The third kappa shape index (κ3) is 4.99. The number of aliphatic hydroxyl groups excluding tert-OH is 1. The Morgan fingerprint density at radius 2 is 1.88 bits per heavy atom. The molecule has 33 heavy (non-hydrogen) atoms. The number of nitrogens with one attached hydrogen (secondary N) is 1. The van der Waals surface area contributed by atoms with Crippen LogP contribution in [0.15, 0.2) is 24.3 Å². The largest absolute Gasteiger partial charge is 0.485 e. The Morgan fingerprint density at radius 3 is 2.48 bits per heavy atom. The number of alkyl carbamates (subject to hydrolysis) is 1. The highest BCUT2D eigenvalue weighted by Gasteiger charge is 2.32. The van der Waals surface area contributed by atoms with Crippen molar-refractivity contribution < 1.29 is 28.5 Å². The maximum Gasteiger partial charge on any atom is 0.408 e. The molecule has 2 N–H and O–H groups in total. The van der Waals surface area contributed by atoms with Crippen LogP contribution in [0, 0.1) is 19.7 Å². The molecule has 7 heteroatoms. The van der Waals surface area contributed by atoms with Crippen molar-refractivity contribution in [3.8, 4) is 16.9 Å². The molecule has 0 unspecified atom stereocenters. The van der Waals surface area contributed by atoms with E-state index in [1.807, 2.05) is 32.0 Å². The van der Waals surface area contributed by atoms with Crippen LogP contribution in [0.3, 0.4) is 0 Å². The van der Waals surface area contributed by atoms with E-state index in [0.29, 0.717) is 30.8 Å². The number of aryl methyl sites for hydroxylation is 2. The summed E-state index contributed by atoms with van der Waals surface area (Å²) in [5, 5.41) is 12.8. The zero-order valence-electron chi connectivity index (χ0n) is 19.8. The Hall–Kier alpha value is -2.64. The van der Waals surface area contributed by atoms with Crippen LogP contribution in [0.5, 0.6) is 5.75 Å². The Bertz CT molecular complexity index is 1040. The summed E-state index contributed by atoms with van der Waals surface area (Å²) in [6, 6.07) is 6.73. The van der Waals surface area contributed by atoms with Gasteiger partial charge in [-0.2, -0.15) is 0 Å². The molecule has 1 amide bonds. The molecular formula is C26H32FNO5. The number of ether oxygens (including phenoxy) is 3. The average Bonchev–Trinajstić information content (AvgIpc) is 3.29. The predicted octanol–water partition coefficient (Wildman–Crippen LogP) is 4.76. The first kappa shape index (κ1) is 23.5. The molecule has 0 aromatic heterocycles. The van der Waals surface area contributed by atoms with E-state index < -0.39 is 23.8 Å². The molecule has 1 saturated heterocycles. The third-order valence-electron chi connectivity index (χ3n) is 6.09. The summed E-state index contributed by atoms with van der Waals surface area (Å²) in [6.45, 7) is 10.0. The Kier molecular flexibility index (Phi) is 6.38. The number of halogens is 1. The average molecular weight is 458 g/mol. The van der Waals surface area contributed by atoms with Crippen molar-refractivity contribution in [3.63, 3.8) is 0 Å². The van der Waals surface area contributed by atoms with Gasteiger partial charge in [0.15, 0.2) is 0 Å². The number of amides is 1. The van der Waals surface area contributed by atoms with Crippen LogP contribution in [0.25, 0.3) is 11.1 Å². The van der Waals surface area contributed by atoms with E-state index in [1.54, 1.807) is 20.8 Å². The minimum Gasteiger partial charge on any atom is -0.485 e. The lowest BCUT2D eigenvalue weighted by Crippen LogP contribution is -2.34. The maximum atomic E-state index is 14.9. The van der Waals surface area contributed by atoms with Crippen LogP contribution in [-0.4, -0.2) is 42.2 Å². The summed E-state index contributed by atoms with van der Waals surface area (Å²) in [4.78, 5) is 12.3. The Morgan fingerprint density at radius 1 is 1.18 bits per heavy atom. The van der Waals surface area contributed by atoms with Gasteiger partial charge in [-0.05, 0) is 93.5 Å². The second kappa shape index (κ2) is 8.95. The predicted molar refractivity (Wildman–Crippen MR) is 123 cm³/mol. The van der Waals surface area contributed by atoms with Gasteiger partial charge in [0.05, 0.1) is 19.3 Å². The van der Waals surface area contributed by atoms with Crippen LogP contribution in [-0.2, 0) is 15.9 Å². The van der Waals surface area contributed by atoms with E-state index in [9.17, 15) is 14.3 Å². The first-order chi connectivity index (χ1) is 15.5. The zero-order valence-corrected chi connectivity index (χ0v) is 19.8. The second-order valence-electron chi connectivity index (χ2n) is 9.92. The molecule has 178 valence electrons. The van der Waals surface area contributed by atoms with E-state index in [1.165, 1.54) is 6.07 Å². The topological polar surface area (TPSA) is 77.0 Å². The van der Waals surface area contributed by atoms with Crippen molar-refractivity contribution >= 4 is 6.09 Å². The standard InChI is InChI=1S/C26H32FNO5/c1-14-10-16(32-22-13-31-12-21(22)29)11-15(2)23(14)17-6-8-19(27)24-18(17)7-9-20(24)28-25(30)33-26(3,4)5/h6,8,10-11,20-22,29H,7,9,12-13H2,1-5H3,(H,28,30)/t20-,21-,22-/m1/s1. The Balaban J connectivity index is 1.63. The van der Waals surface area contributed by atoms with Crippen molar-refractivity contribution in [3.05, 3.63) is 52.3 Å². The number of carbonyl (C=O) groups excluding carboxylic acids is 1. The van der Waals surface area contributed by atoms with Crippen LogP contribution >= 0.6 is 0 Å². The van der Waals surface area contributed by atoms with Gasteiger partial charge in [-0.25, -0.2) is 9.18 Å². The summed E-state index contributed by atoms with van der Waals surface area (Å²) in [7, 11) is 0. The van der Waals surface area contributed by atoms with E-state index in [2.05, 4.69) is 5.32 Å². The van der Waals surface area contributed by atoms with E-state index in [-0.39, 0.29) is 18.5 Å². The van der Waals surface area contributed by atoms with Gasteiger partial charge < -0.3 is 24.6 Å². The first-order valence-corrected chi connectivity index (χ1v) is 11.4. The molecule has 1 aliphatic heterocycles. The Labute approximate surface area is 194 Å². The summed E-state index contributed by atoms with van der Waals surface area (Å²) < 4.78 is 31.5. The van der Waals surface area contributed by atoms with Crippen molar-refractivity contribution in [2.45, 2.75) is 71.3 Å². The molecule has 2 aromatic carbocycles. The van der Waals surface area contributed by atoms with Gasteiger partial charge >= 0.3 is 6.09 Å². The monoisotopic (exact) mass is 457 g/mol. The fourth-order valence-electron chi connectivity index (χ4n) is 4.77. The number of rotatable bonds is 4. The zero-order chi connectivity index (χ0) is 23.9. The van der Waals surface area contributed by atoms with Crippen LogP contribution in [0.1, 0.15) is 55.5 Å². The number of fused-ring (bicyclic) bond motifs is 1. The molecule has 0 radical (unpaired) electrons. The first-order valence-electron chi connectivity index (χ1n) is 11.4. The highest BCUT2D eigenvalue weighted by Crippen LogP contribution is 2.42. The smallest absolute Gasteiger partial charge is 0.408 e. The van der Waals surface area contributed by atoms with Gasteiger partial charge in [0.25, 0.3) is 0 Å². The fraction of sp³-hybridized carbons (Fsp3) is 0.500. The van der Waals surface area contributed by atoms with Crippen molar-refractivity contribution in [1.82, 2.24) is 5.32 Å². The van der Waals surface area contributed by atoms with Gasteiger partial charge in [-0.15, -0.1) is 0 Å². The van der Waals surface area contributed by atoms with E-state index >= 15 is 0 Å². The molecule has 0 saturated carbocycles. The molecule has 1 heterocycles. The molecule has 2 aliphatic rings. The highest BCUT2D eigenvalue weighted by atomic mass is 19.1. The van der Waals surface area contributed by atoms with Crippen molar-refractivity contribution in [2.24, 2.45) is 0 Å². The lowest BCUT2D eigenvalue weighted by Gasteiger charge is -2.23. The molecule has 0 bridgehead atoms. The minimum absolute atomic E-state index is 0.279. The molecule has 4 rings (SSSR count). The number of aliphatic hydroxyl groups is 1. The van der Waals surface area contributed by atoms with Gasteiger partial charge in [0, 0.05) is 5.56 Å². The van der Waals surface area contributed by atoms with E-state index in [0.717, 1.165) is 27.8 Å². The molecule has 1 aliphatic carbocycles. The van der Waals surface area contributed by atoms with E-state index in [4.69, 9.17) is 14.2 Å². The summed E-state index contributed by atoms with van der Waals surface area (Å²) in [5.41, 5.74) is 4.81.